The summed E-state index contributed by atoms with van der Waals surface area (Å²) in [5, 5.41) is 0.894. The van der Waals surface area contributed by atoms with E-state index in [1.165, 1.54) is 18.3 Å². The lowest BCUT2D eigenvalue weighted by Crippen LogP contribution is -2.10. The fourth-order valence-electron chi connectivity index (χ4n) is 2.43. The number of halogens is 1. The van der Waals surface area contributed by atoms with E-state index in [-0.39, 0.29) is 17.7 Å². The minimum Gasteiger partial charge on any atom is -0.329 e. The highest BCUT2D eigenvalue weighted by Gasteiger charge is 2.17. The number of pyridine rings is 1. The molecule has 0 fully saturated rings. The molecule has 1 aromatic heterocycles. The molecule has 4 nitrogen and oxygen atoms in total. The Morgan fingerprint density at radius 1 is 1.09 bits per heavy atom. The zero-order chi connectivity index (χ0) is 15.7. The Labute approximate surface area is 125 Å². The molecule has 22 heavy (non-hydrogen) atoms. The Hall–Kier alpha value is -2.79. The number of carbonyl (C=O) groups excluding carboxylic acids is 1. The van der Waals surface area contributed by atoms with Crippen molar-refractivity contribution in [2.75, 3.05) is 0 Å². The average molecular weight is 296 g/mol. The first-order chi connectivity index (χ1) is 10.6. The Morgan fingerprint density at radius 3 is 2.64 bits per heavy atom. The van der Waals surface area contributed by atoms with Crippen molar-refractivity contribution in [3.8, 4) is 0 Å². The molecule has 0 saturated heterocycles. The van der Waals surface area contributed by atoms with Gasteiger partial charge in [0.15, 0.2) is 5.78 Å². The molecule has 3 aromatic rings. The van der Waals surface area contributed by atoms with Crippen LogP contribution in [0.3, 0.4) is 0 Å². The minimum atomic E-state index is -0.616. The van der Waals surface area contributed by atoms with Gasteiger partial charge in [-0.15, -0.1) is 0 Å². The second-order valence-electron chi connectivity index (χ2n) is 4.92. The van der Waals surface area contributed by atoms with Crippen molar-refractivity contribution in [2.24, 2.45) is 5.73 Å². The largest absolute Gasteiger partial charge is 0.329 e. The summed E-state index contributed by atoms with van der Waals surface area (Å²) in [6, 6.07) is 10.7. The third kappa shape index (κ3) is 2.31. The number of fused-ring (bicyclic) bond motifs is 1. The molecular formula is C17H13FN2O2. The first-order valence-corrected chi connectivity index (χ1v) is 6.75. The van der Waals surface area contributed by atoms with Crippen LogP contribution in [0.1, 0.15) is 21.5 Å². The second-order valence-corrected chi connectivity index (χ2v) is 4.92. The molecule has 0 unspecified atom stereocenters. The van der Waals surface area contributed by atoms with Crippen LogP contribution in [0.15, 0.2) is 53.5 Å². The van der Waals surface area contributed by atoms with Crippen LogP contribution in [0.2, 0.25) is 0 Å². The molecule has 2 aromatic carbocycles. The number of rotatable bonds is 3. The van der Waals surface area contributed by atoms with Gasteiger partial charge in [-0.2, -0.15) is 0 Å². The molecule has 0 aliphatic heterocycles. The van der Waals surface area contributed by atoms with Crippen molar-refractivity contribution >= 4 is 16.6 Å². The molecule has 3 N–H and O–H groups in total. The van der Waals surface area contributed by atoms with Gasteiger partial charge in [0.05, 0.1) is 5.56 Å². The maximum atomic E-state index is 14.1. The van der Waals surface area contributed by atoms with Gasteiger partial charge < -0.3 is 10.7 Å². The van der Waals surface area contributed by atoms with Crippen LogP contribution < -0.4 is 11.3 Å². The molecule has 0 spiro atoms. The minimum absolute atomic E-state index is 0.0371. The van der Waals surface area contributed by atoms with E-state index in [1.807, 2.05) is 0 Å². The van der Waals surface area contributed by atoms with E-state index < -0.39 is 11.6 Å². The number of aromatic nitrogens is 1. The van der Waals surface area contributed by atoms with E-state index >= 15 is 0 Å². The molecule has 0 amide bonds. The topological polar surface area (TPSA) is 76.0 Å². The Morgan fingerprint density at radius 2 is 1.91 bits per heavy atom. The molecule has 0 atom stereocenters. The highest BCUT2D eigenvalue weighted by Crippen LogP contribution is 2.21. The number of H-pyrrole nitrogens is 1. The summed E-state index contributed by atoms with van der Waals surface area (Å²) in [4.78, 5) is 26.9. The van der Waals surface area contributed by atoms with Gasteiger partial charge in [-0.3, -0.25) is 9.59 Å². The van der Waals surface area contributed by atoms with E-state index in [9.17, 15) is 14.0 Å². The molecule has 0 aliphatic carbocycles. The van der Waals surface area contributed by atoms with Crippen LogP contribution in [0.4, 0.5) is 4.39 Å². The van der Waals surface area contributed by atoms with Gasteiger partial charge >= 0.3 is 0 Å². The van der Waals surface area contributed by atoms with Crippen LogP contribution >= 0.6 is 0 Å². The van der Waals surface area contributed by atoms with Crippen molar-refractivity contribution in [1.82, 2.24) is 4.98 Å². The summed E-state index contributed by atoms with van der Waals surface area (Å²) < 4.78 is 14.1. The fourth-order valence-corrected chi connectivity index (χ4v) is 2.43. The van der Waals surface area contributed by atoms with Gasteiger partial charge in [0.25, 0.3) is 5.56 Å². The predicted molar refractivity (Wildman–Crippen MR) is 82.3 cm³/mol. The van der Waals surface area contributed by atoms with Gasteiger partial charge in [0.2, 0.25) is 0 Å². The van der Waals surface area contributed by atoms with E-state index in [1.54, 1.807) is 30.3 Å². The lowest BCUT2D eigenvalue weighted by Gasteiger charge is -2.07. The van der Waals surface area contributed by atoms with Gasteiger partial charge in [-0.1, -0.05) is 18.2 Å². The molecular weight excluding hydrogens is 283 g/mol. The van der Waals surface area contributed by atoms with Crippen LogP contribution in [0.5, 0.6) is 0 Å². The number of nitrogens with one attached hydrogen (secondary N) is 1. The quantitative estimate of drug-likeness (QED) is 0.728. The highest BCUT2D eigenvalue weighted by atomic mass is 19.1. The Bertz CT molecular complexity index is 931. The van der Waals surface area contributed by atoms with E-state index in [0.717, 1.165) is 0 Å². The number of ketones is 1. The molecule has 0 bridgehead atoms. The normalized spacial score (nSPS) is 10.8. The number of hydrogen-bond donors (Lipinski definition) is 2. The van der Waals surface area contributed by atoms with Crippen molar-refractivity contribution < 1.29 is 9.18 Å². The van der Waals surface area contributed by atoms with E-state index in [0.29, 0.717) is 21.9 Å². The molecule has 0 saturated carbocycles. The second kappa shape index (κ2) is 5.54. The monoisotopic (exact) mass is 296 g/mol. The molecule has 110 valence electrons. The van der Waals surface area contributed by atoms with Crippen molar-refractivity contribution in [3.05, 3.63) is 81.5 Å². The molecule has 0 radical (unpaired) electrons. The Kier molecular flexibility index (Phi) is 3.56. The van der Waals surface area contributed by atoms with Gasteiger partial charge in [-0.05, 0) is 35.2 Å². The summed E-state index contributed by atoms with van der Waals surface area (Å²) in [5.41, 5.74) is 6.04. The zero-order valence-electron chi connectivity index (χ0n) is 11.6. The number of carbonyl (C=O) groups is 1. The van der Waals surface area contributed by atoms with Crippen molar-refractivity contribution in [1.29, 1.82) is 0 Å². The van der Waals surface area contributed by atoms with E-state index in [2.05, 4.69) is 4.98 Å². The number of hydrogen-bond acceptors (Lipinski definition) is 3. The first kappa shape index (κ1) is 14.2. The Balaban J connectivity index is 2.18. The molecule has 1 heterocycles. The van der Waals surface area contributed by atoms with Crippen LogP contribution in [0, 0.1) is 5.82 Å². The smallest absolute Gasteiger partial charge is 0.255 e. The standard InChI is InChI=1S/C17H13FN2O2/c18-15-8-10(9-19)4-5-14(15)16(21)12-2-1-3-13-11(12)6-7-20-17(13)22/h1-8H,9,19H2,(H,20,22). The van der Waals surface area contributed by atoms with E-state index in [4.69, 9.17) is 5.73 Å². The fraction of sp³-hybridized carbons (Fsp3) is 0.0588. The average Bonchev–Trinajstić information content (AvgIpc) is 2.54. The summed E-state index contributed by atoms with van der Waals surface area (Å²) >= 11 is 0. The van der Waals surface area contributed by atoms with Gasteiger partial charge in [-0.25, -0.2) is 4.39 Å². The van der Waals surface area contributed by atoms with Crippen molar-refractivity contribution in [2.45, 2.75) is 6.54 Å². The maximum absolute atomic E-state index is 14.1. The molecule has 0 aliphatic rings. The van der Waals surface area contributed by atoms with Crippen LogP contribution in [-0.2, 0) is 6.54 Å². The number of benzene rings is 2. The SMILES string of the molecule is NCc1ccc(C(=O)c2cccc3c(=O)[nH]ccc23)c(F)c1. The summed E-state index contributed by atoms with van der Waals surface area (Å²) in [6.45, 7) is 0.203. The van der Waals surface area contributed by atoms with Crippen LogP contribution in [0.25, 0.3) is 10.8 Å². The molecule has 5 heteroatoms. The third-order valence-corrected chi connectivity index (χ3v) is 3.57. The predicted octanol–water partition coefficient (Wildman–Crippen LogP) is 2.36. The highest BCUT2D eigenvalue weighted by molar-refractivity contribution is 6.16. The zero-order valence-corrected chi connectivity index (χ0v) is 11.6. The van der Waals surface area contributed by atoms with Crippen molar-refractivity contribution in [3.63, 3.8) is 0 Å². The first-order valence-electron chi connectivity index (χ1n) is 6.75. The summed E-state index contributed by atoms with van der Waals surface area (Å²) in [5.74, 6) is -1.08. The van der Waals surface area contributed by atoms with Gasteiger partial charge in [0, 0.05) is 23.7 Å². The maximum Gasteiger partial charge on any atom is 0.255 e. The summed E-state index contributed by atoms with van der Waals surface area (Å²) in [6.07, 6.45) is 1.47. The lowest BCUT2D eigenvalue weighted by molar-refractivity contribution is 0.103. The van der Waals surface area contributed by atoms with Gasteiger partial charge in [0.1, 0.15) is 5.82 Å². The summed E-state index contributed by atoms with van der Waals surface area (Å²) in [7, 11) is 0. The number of nitrogens with two attached hydrogens (primary N) is 1. The lowest BCUT2D eigenvalue weighted by atomic mass is 9.97. The molecule has 3 rings (SSSR count). The van der Waals surface area contributed by atoms with Crippen LogP contribution in [-0.4, -0.2) is 10.8 Å². The number of aromatic amines is 1. The third-order valence-electron chi connectivity index (χ3n) is 3.57.